The van der Waals surface area contributed by atoms with E-state index < -0.39 is 0 Å². The second-order valence-corrected chi connectivity index (χ2v) is 7.59. The van der Waals surface area contributed by atoms with Gasteiger partial charge in [0, 0.05) is 25.2 Å². The molecule has 0 aromatic heterocycles. The number of carbonyl (C=O) groups is 3. The molecule has 0 fully saturated rings. The first-order chi connectivity index (χ1) is 13.4. The van der Waals surface area contributed by atoms with Crippen molar-refractivity contribution in [3.63, 3.8) is 0 Å². The van der Waals surface area contributed by atoms with E-state index >= 15 is 0 Å². The van der Waals surface area contributed by atoms with Crippen LogP contribution in [0.4, 0.5) is 0 Å². The topological polar surface area (TPSA) is 60.4 Å². The monoisotopic (exact) mass is 386 g/mol. The molecule has 0 aliphatic carbocycles. The summed E-state index contributed by atoms with van der Waals surface area (Å²) < 4.78 is 5.13. The molecular formula is C24H34O4. The number of aldehydes is 1. The summed E-state index contributed by atoms with van der Waals surface area (Å²) in [5, 5.41) is 0. The van der Waals surface area contributed by atoms with Gasteiger partial charge in [0.2, 0.25) is 0 Å². The molecule has 1 aromatic carbocycles. The standard InChI is InChI=1S/C24H34O4/c1-19(2)21-10-9-11-22(18-21)20(3)15-17-28-24(27)14-13-23(26)12-7-5-4-6-8-16-25/h9-11,15-20H,4-8,12-14H2,1-3H3. The number of ketones is 1. The first-order valence-corrected chi connectivity index (χ1v) is 10.4. The van der Waals surface area contributed by atoms with Crippen molar-refractivity contribution in [2.75, 3.05) is 0 Å². The second kappa shape index (κ2) is 13.9. The summed E-state index contributed by atoms with van der Waals surface area (Å²) in [5.41, 5.74) is 2.47. The maximum atomic E-state index is 11.8. The van der Waals surface area contributed by atoms with Gasteiger partial charge < -0.3 is 9.53 Å². The number of carbonyl (C=O) groups excluding carboxylic acids is 3. The SMILES string of the molecule is CC(C)c1cccc(C(C)C=COC(=O)CCC(=O)CCCCCCC=O)c1. The van der Waals surface area contributed by atoms with Gasteiger partial charge >= 0.3 is 5.97 Å². The molecule has 1 aromatic rings. The summed E-state index contributed by atoms with van der Waals surface area (Å²) in [4.78, 5) is 33.8. The molecule has 0 aliphatic rings. The highest BCUT2D eigenvalue weighted by molar-refractivity contribution is 5.83. The van der Waals surface area contributed by atoms with Crippen molar-refractivity contribution >= 4 is 18.0 Å². The van der Waals surface area contributed by atoms with E-state index in [0.717, 1.165) is 32.0 Å². The largest absolute Gasteiger partial charge is 0.435 e. The molecule has 4 nitrogen and oxygen atoms in total. The van der Waals surface area contributed by atoms with E-state index in [9.17, 15) is 14.4 Å². The predicted octanol–water partition coefficient (Wildman–Crippen LogP) is 5.86. The Morgan fingerprint density at radius 3 is 2.39 bits per heavy atom. The highest BCUT2D eigenvalue weighted by Crippen LogP contribution is 2.22. The molecule has 0 spiro atoms. The number of hydrogen-bond acceptors (Lipinski definition) is 4. The molecule has 0 heterocycles. The summed E-state index contributed by atoms with van der Waals surface area (Å²) in [7, 11) is 0. The van der Waals surface area contributed by atoms with Gasteiger partial charge in [-0.2, -0.15) is 0 Å². The average molecular weight is 387 g/mol. The van der Waals surface area contributed by atoms with Crippen LogP contribution in [0.2, 0.25) is 0 Å². The van der Waals surface area contributed by atoms with Gasteiger partial charge in [-0.15, -0.1) is 0 Å². The van der Waals surface area contributed by atoms with Gasteiger partial charge in [0.15, 0.2) is 0 Å². The average Bonchev–Trinajstić information content (AvgIpc) is 2.69. The zero-order valence-electron chi connectivity index (χ0n) is 17.5. The number of benzene rings is 1. The lowest BCUT2D eigenvalue weighted by atomic mass is 9.95. The molecule has 0 saturated heterocycles. The van der Waals surface area contributed by atoms with Crippen LogP contribution in [0.3, 0.4) is 0 Å². The van der Waals surface area contributed by atoms with Crippen molar-refractivity contribution in [1.82, 2.24) is 0 Å². The van der Waals surface area contributed by atoms with Crippen LogP contribution in [-0.2, 0) is 19.1 Å². The molecule has 1 atom stereocenters. The van der Waals surface area contributed by atoms with Crippen molar-refractivity contribution < 1.29 is 19.1 Å². The second-order valence-electron chi connectivity index (χ2n) is 7.59. The summed E-state index contributed by atoms with van der Waals surface area (Å²) in [6.45, 7) is 6.38. The minimum atomic E-state index is -0.376. The Kier molecular flexibility index (Phi) is 11.8. The summed E-state index contributed by atoms with van der Waals surface area (Å²) >= 11 is 0. The highest BCUT2D eigenvalue weighted by atomic mass is 16.5. The number of Topliss-reactive ketones (excluding diaryl/α,β-unsaturated/α-hetero) is 1. The minimum Gasteiger partial charge on any atom is -0.435 e. The van der Waals surface area contributed by atoms with Gasteiger partial charge in [-0.05, 0) is 36.0 Å². The molecule has 0 radical (unpaired) electrons. The quantitative estimate of drug-likeness (QED) is 0.174. The third kappa shape index (κ3) is 10.2. The summed E-state index contributed by atoms with van der Waals surface area (Å²) in [6, 6.07) is 8.42. The third-order valence-electron chi connectivity index (χ3n) is 4.81. The fourth-order valence-corrected chi connectivity index (χ4v) is 2.87. The molecule has 28 heavy (non-hydrogen) atoms. The molecule has 0 N–H and O–H groups in total. The smallest absolute Gasteiger partial charge is 0.311 e. The van der Waals surface area contributed by atoms with Crippen molar-refractivity contribution in [2.45, 2.75) is 84.0 Å². The Morgan fingerprint density at radius 2 is 1.68 bits per heavy atom. The van der Waals surface area contributed by atoms with Crippen LogP contribution in [0.1, 0.15) is 95.1 Å². The van der Waals surface area contributed by atoms with Gasteiger partial charge in [0.05, 0.1) is 12.7 Å². The van der Waals surface area contributed by atoms with E-state index in [4.69, 9.17) is 4.74 Å². The molecule has 0 amide bonds. The highest BCUT2D eigenvalue weighted by Gasteiger charge is 2.08. The Bertz CT molecular complexity index is 646. The van der Waals surface area contributed by atoms with Gasteiger partial charge in [-0.1, -0.05) is 57.9 Å². The number of allylic oxidation sites excluding steroid dienone is 1. The van der Waals surface area contributed by atoms with Crippen LogP contribution in [0.15, 0.2) is 36.6 Å². The number of hydrogen-bond donors (Lipinski definition) is 0. The molecule has 154 valence electrons. The minimum absolute atomic E-state index is 0.0928. The predicted molar refractivity (Wildman–Crippen MR) is 112 cm³/mol. The van der Waals surface area contributed by atoms with Crippen molar-refractivity contribution in [1.29, 1.82) is 0 Å². The number of ether oxygens (including phenoxy) is 1. The van der Waals surface area contributed by atoms with Crippen molar-refractivity contribution in [3.05, 3.63) is 47.7 Å². The van der Waals surface area contributed by atoms with Crippen LogP contribution in [0.25, 0.3) is 0 Å². The van der Waals surface area contributed by atoms with Crippen LogP contribution in [0, 0.1) is 0 Å². The Labute approximate surface area is 169 Å². The number of rotatable bonds is 14. The zero-order valence-corrected chi connectivity index (χ0v) is 17.5. The molecule has 0 saturated carbocycles. The lowest BCUT2D eigenvalue weighted by Gasteiger charge is -2.11. The fourth-order valence-electron chi connectivity index (χ4n) is 2.87. The molecule has 4 heteroatoms. The molecule has 1 unspecified atom stereocenters. The number of esters is 1. The Balaban J connectivity index is 2.25. The molecule has 0 bridgehead atoms. The van der Waals surface area contributed by atoms with Gasteiger partial charge in [0.1, 0.15) is 12.1 Å². The van der Waals surface area contributed by atoms with E-state index in [-0.39, 0.29) is 30.5 Å². The van der Waals surface area contributed by atoms with Crippen molar-refractivity contribution in [3.8, 4) is 0 Å². The normalized spacial score (nSPS) is 12.3. The van der Waals surface area contributed by atoms with Crippen molar-refractivity contribution in [2.24, 2.45) is 0 Å². The molecule has 1 rings (SSSR count). The summed E-state index contributed by atoms with van der Waals surface area (Å²) in [6.07, 6.45) is 9.27. The van der Waals surface area contributed by atoms with Crippen LogP contribution >= 0.6 is 0 Å². The summed E-state index contributed by atoms with van der Waals surface area (Å²) in [5.74, 6) is 0.337. The van der Waals surface area contributed by atoms with Gasteiger partial charge in [-0.3, -0.25) is 9.59 Å². The first kappa shape index (κ1) is 23.8. The van der Waals surface area contributed by atoms with E-state index in [0.29, 0.717) is 18.8 Å². The van der Waals surface area contributed by atoms with E-state index in [1.807, 2.05) is 6.08 Å². The van der Waals surface area contributed by atoms with Gasteiger partial charge in [-0.25, -0.2) is 0 Å². The van der Waals surface area contributed by atoms with E-state index in [1.165, 1.54) is 17.4 Å². The lowest BCUT2D eigenvalue weighted by molar-refractivity contribution is -0.139. The lowest BCUT2D eigenvalue weighted by Crippen LogP contribution is -2.05. The fraction of sp³-hybridized carbons (Fsp3) is 0.542. The third-order valence-corrected chi connectivity index (χ3v) is 4.81. The molecular weight excluding hydrogens is 352 g/mol. The number of unbranched alkanes of at least 4 members (excludes halogenated alkanes) is 4. The maximum absolute atomic E-state index is 11.8. The Hall–Kier alpha value is -2.23. The van der Waals surface area contributed by atoms with E-state index in [2.05, 4.69) is 45.0 Å². The first-order valence-electron chi connectivity index (χ1n) is 10.4. The van der Waals surface area contributed by atoms with Crippen LogP contribution < -0.4 is 0 Å². The maximum Gasteiger partial charge on any atom is 0.311 e. The van der Waals surface area contributed by atoms with Crippen LogP contribution in [-0.4, -0.2) is 18.0 Å². The van der Waals surface area contributed by atoms with Crippen LogP contribution in [0.5, 0.6) is 0 Å². The molecule has 0 aliphatic heterocycles. The van der Waals surface area contributed by atoms with E-state index in [1.54, 1.807) is 0 Å². The Morgan fingerprint density at radius 1 is 0.964 bits per heavy atom. The zero-order chi connectivity index (χ0) is 20.8. The van der Waals surface area contributed by atoms with Gasteiger partial charge in [0.25, 0.3) is 0 Å².